The normalized spacial score (nSPS) is 28.4. The minimum Gasteiger partial charge on any atom is -0.380 e. The van der Waals surface area contributed by atoms with Crippen molar-refractivity contribution in [2.75, 3.05) is 26.7 Å². The predicted octanol–water partition coefficient (Wildman–Crippen LogP) is -0.0403. The van der Waals surface area contributed by atoms with Crippen molar-refractivity contribution < 1.29 is 4.74 Å². The SMILES string of the molecule is COC(CN)C1CCCNC1. The Kier molecular flexibility index (Phi) is 3.83. The highest BCUT2D eigenvalue weighted by atomic mass is 16.5. The summed E-state index contributed by atoms with van der Waals surface area (Å²) in [5, 5.41) is 3.35. The van der Waals surface area contributed by atoms with Gasteiger partial charge in [-0.15, -0.1) is 0 Å². The fraction of sp³-hybridized carbons (Fsp3) is 1.00. The van der Waals surface area contributed by atoms with Gasteiger partial charge in [0.2, 0.25) is 0 Å². The van der Waals surface area contributed by atoms with Crippen LogP contribution >= 0.6 is 0 Å². The Balaban J connectivity index is 2.30. The van der Waals surface area contributed by atoms with E-state index in [0.717, 1.165) is 13.1 Å². The number of hydrogen-bond donors (Lipinski definition) is 2. The Morgan fingerprint density at radius 3 is 3.00 bits per heavy atom. The van der Waals surface area contributed by atoms with Crippen LogP contribution in [0.2, 0.25) is 0 Å². The average Bonchev–Trinajstić information content (AvgIpc) is 2.09. The summed E-state index contributed by atoms with van der Waals surface area (Å²) < 4.78 is 5.27. The lowest BCUT2D eigenvalue weighted by Crippen LogP contribution is -2.41. The van der Waals surface area contributed by atoms with Gasteiger partial charge >= 0.3 is 0 Å². The first-order valence-corrected chi connectivity index (χ1v) is 4.32. The van der Waals surface area contributed by atoms with Gasteiger partial charge in [0.05, 0.1) is 6.10 Å². The summed E-state index contributed by atoms with van der Waals surface area (Å²) in [6.45, 7) is 2.86. The number of nitrogens with two attached hydrogens (primary N) is 1. The zero-order valence-corrected chi connectivity index (χ0v) is 7.18. The molecule has 2 unspecified atom stereocenters. The standard InChI is InChI=1S/C8H18N2O/c1-11-8(5-9)7-3-2-4-10-6-7/h7-8,10H,2-6,9H2,1H3. The third-order valence-corrected chi connectivity index (χ3v) is 2.40. The molecule has 0 aromatic carbocycles. The van der Waals surface area contributed by atoms with Gasteiger partial charge in [-0.05, 0) is 25.3 Å². The van der Waals surface area contributed by atoms with Gasteiger partial charge in [-0.3, -0.25) is 0 Å². The van der Waals surface area contributed by atoms with Crippen molar-refractivity contribution in [1.29, 1.82) is 0 Å². The van der Waals surface area contributed by atoms with Crippen LogP contribution < -0.4 is 11.1 Å². The smallest absolute Gasteiger partial charge is 0.0733 e. The molecule has 1 heterocycles. The number of ether oxygens (including phenoxy) is 1. The van der Waals surface area contributed by atoms with Crippen molar-refractivity contribution in [3.63, 3.8) is 0 Å². The Morgan fingerprint density at radius 2 is 2.55 bits per heavy atom. The van der Waals surface area contributed by atoms with Gasteiger partial charge in [0.1, 0.15) is 0 Å². The maximum absolute atomic E-state index is 5.56. The summed E-state index contributed by atoms with van der Waals surface area (Å²) in [5.41, 5.74) is 5.56. The lowest BCUT2D eigenvalue weighted by atomic mass is 9.94. The van der Waals surface area contributed by atoms with Crippen LogP contribution in [0.4, 0.5) is 0 Å². The van der Waals surface area contributed by atoms with Crippen molar-refractivity contribution in [2.24, 2.45) is 11.7 Å². The number of rotatable bonds is 3. The van der Waals surface area contributed by atoms with Gasteiger partial charge in [0.15, 0.2) is 0 Å². The fourth-order valence-corrected chi connectivity index (χ4v) is 1.68. The number of hydrogen-bond acceptors (Lipinski definition) is 3. The third-order valence-electron chi connectivity index (χ3n) is 2.40. The number of methoxy groups -OCH3 is 1. The van der Waals surface area contributed by atoms with E-state index in [1.807, 2.05) is 0 Å². The summed E-state index contributed by atoms with van der Waals surface area (Å²) in [6, 6.07) is 0. The minimum atomic E-state index is 0.253. The molecule has 11 heavy (non-hydrogen) atoms. The number of piperidine rings is 1. The van der Waals surface area contributed by atoms with Crippen molar-refractivity contribution >= 4 is 0 Å². The van der Waals surface area contributed by atoms with E-state index in [-0.39, 0.29) is 6.10 Å². The van der Waals surface area contributed by atoms with Gasteiger partial charge in [0, 0.05) is 20.2 Å². The van der Waals surface area contributed by atoms with Crippen LogP contribution in [0.15, 0.2) is 0 Å². The molecule has 0 spiro atoms. The molecule has 1 fully saturated rings. The number of nitrogens with one attached hydrogen (secondary N) is 1. The molecule has 66 valence electrons. The topological polar surface area (TPSA) is 47.3 Å². The molecular weight excluding hydrogens is 140 g/mol. The predicted molar refractivity (Wildman–Crippen MR) is 45.4 cm³/mol. The van der Waals surface area contributed by atoms with E-state index in [0.29, 0.717) is 12.5 Å². The average molecular weight is 158 g/mol. The lowest BCUT2D eigenvalue weighted by Gasteiger charge is -2.28. The summed E-state index contributed by atoms with van der Waals surface area (Å²) >= 11 is 0. The Hall–Kier alpha value is -0.120. The summed E-state index contributed by atoms with van der Waals surface area (Å²) in [4.78, 5) is 0. The highest BCUT2D eigenvalue weighted by molar-refractivity contribution is 4.76. The van der Waals surface area contributed by atoms with E-state index in [4.69, 9.17) is 10.5 Å². The molecule has 0 saturated carbocycles. The maximum Gasteiger partial charge on any atom is 0.0733 e. The van der Waals surface area contributed by atoms with Gasteiger partial charge in [0.25, 0.3) is 0 Å². The minimum absolute atomic E-state index is 0.253. The first-order chi connectivity index (χ1) is 5.38. The third kappa shape index (κ3) is 2.43. The Bertz CT molecular complexity index is 98.3. The molecule has 3 nitrogen and oxygen atoms in total. The highest BCUT2D eigenvalue weighted by Gasteiger charge is 2.21. The van der Waals surface area contributed by atoms with Gasteiger partial charge in [-0.1, -0.05) is 0 Å². The van der Waals surface area contributed by atoms with Crippen LogP contribution in [-0.4, -0.2) is 32.8 Å². The van der Waals surface area contributed by atoms with Crippen LogP contribution in [-0.2, 0) is 4.74 Å². The molecule has 0 amide bonds. The van der Waals surface area contributed by atoms with Gasteiger partial charge < -0.3 is 15.8 Å². The Morgan fingerprint density at radius 1 is 1.73 bits per heavy atom. The van der Waals surface area contributed by atoms with E-state index in [9.17, 15) is 0 Å². The summed E-state index contributed by atoms with van der Waals surface area (Å²) in [7, 11) is 1.74. The van der Waals surface area contributed by atoms with Crippen LogP contribution in [0.25, 0.3) is 0 Å². The monoisotopic (exact) mass is 158 g/mol. The van der Waals surface area contributed by atoms with Crippen molar-refractivity contribution in [1.82, 2.24) is 5.32 Å². The van der Waals surface area contributed by atoms with Crippen LogP contribution in [0, 0.1) is 5.92 Å². The zero-order valence-electron chi connectivity index (χ0n) is 7.18. The van der Waals surface area contributed by atoms with Crippen LogP contribution in [0.1, 0.15) is 12.8 Å². The van der Waals surface area contributed by atoms with Crippen molar-refractivity contribution in [2.45, 2.75) is 18.9 Å². The highest BCUT2D eigenvalue weighted by Crippen LogP contribution is 2.15. The second-order valence-electron chi connectivity index (χ2n) is 3.12. The molecule has 2 atom stereocenters. The molecule has 1 rings (SSSR count). The summed E-state index contributed by atoms with van der Waals surface area (Å²) in [5.74, 6) is 0.624. The summed E-state index contributed by atoms with van der Waals surface area (Å²) in [6.07, 6.45) is 2.76. The molecule has 0 radical (unpaired) electrons. The first kappa shape index (κ1) is 8.97. The molecular formula is C8H18N2O. The lowest BCUT2D eigenvalue weighted by molar-refractivity contribution is 0.0486. The zero-order chi connectivity index (χ0) is 8.10. The largest absolute Gasteiger partial charge is 0.380 e. The van der Waals surface area contributed by atoms with Crippen LogP contribution in [0.3, 0.4) is 0 Å². The van der Waals surface area contributed by atoms with Crippen molar-refractivity contribution in [3.05, 3.63) is 0 Å². The van der Waals surface area contributed by atoms with E-state index in [1.54, 1.807) is 7.11 Å². The molecule has 3 N–H and O–H groups in total. The quantitative estimate of drug-likeness (QED) is 0.606. The van der Waals surface area contributed by atoms with E-state index < -0.39 is 0 Å². The molecule has 3 heteroatoms. The van der Waals surface area contributed by atoms with E-state index in [1.165, 1.54) is 12.8 Å². The van der Waals surface area contributed by atoms with E-state index in [2.05, 4.69) is 5.32 Å². The second-order valence-corrected chi connectivity index (χ2v) is 3.12. The maximum atomic E-state index is 5.56. The molecule has 1 saturated heterocycles. The second kappa shape index (κ2) is 4.70. The molecule has 1 aliphatic heterocycles. The molecule has 0 aliphatic carbocycles. The Labute approximate surface area is 68.3 Å². The molecule has 0 aromatic heterocycles. The van der Waals surface area contributed by atoms with E-state index >= 15 is 0 Å². The van der Waals surface area contributed by atoms with Crippen molar-refractivity contribution in [3.8, 4) is 0 Å². The fourth-order valence-electron chi connectivity index (χ4n) is 1.68. The molecule has 0 bridgehead atoms. The molecule has 0 aromatic rings. The van der Waals surface area contributed by atoms with Crippen LogP contribution in [0.5, 0.6) is 0 Å². The first-order valence-electron chi connectivity index (χ1n) is 4.32. The van der Waals surface area contributed by atoms with Gasteiger partial charge in [-0.25, -0.2) is 0 Å². The van der Waals surface area contributed by atoms with Gasteiger partial charge in [-0.2, -0.15) is 0 Å². The molecule has 1 aliphatic rings.